The molecule has 1 fully saturated rings. The van der Waals surface area contributed by atoms with Crippen molar-refractivity contribution >= 4 is 0 Å². The number of methoxy groups -OCH3 is 1. The molecule has 0 saturated carbocycles. The maximum absolute atomic E-state index is 13.5. The van der Waals surface area contributed by atoms with E-state index >= 15 is 0 Å². The summed E-state index contributed by atoms with van der Waals surface area (Å²) in [6.45, 7) is 4.16. The Balaban J connectivity index is 1.79. The number of aromatic nitrogens is 3. The van der Waals surface area contributed by atoms with Crippen LogP contribution in [0.3, 0.4) is 0 Å². The summed E-state index contributed by atoms with van der Waals surface area (Å²) in [4.78, 5) is 6.90. The van der Waals surface area contributed by atoms with Crippen molar-refractivity contribution < 1.29 is 9.13 Å². The Morgan fingerprint density at radius 1 is 1.39 bits per heavy atom. The lowest BCUT2D eigenvalue weighted by Gasteiger charge is -2.34. The molecule has 0 aliphatic carbocycles. The minimum atomic E-state index is -0.181. The van der Waals surface area contributed by atoms with Gasteiger partial charge in [0, 0.05) is 13.7 Å². The standard InChI is InChI=1S/C17H23FN4O/c1-12-6-7-14(18)9-13(12)10-22-8-4-3-5-15(22)17-19-16(11-23-2)20-21-17/h6-7,9,15H,3-5,8,10-11H2,1-2H3,(H,19,20,21). The summed E-state index contributed by atoms with van der Waals surface area (Å²) in [5, 5.41) is 7.29. The molecule has 0 amide bonds. The second-order valence-corrected chi connectivity index (χ2v) is 6.13. The molecule has 1 aromatic carbocycles. The first-order valence-corrected chi connectivity index (χ1v) is 8.06. The van der Waals surface area contributed by atoms with Gasteiger partial charge < -0.3 is 4.74 Å². The zero-order chi connectivity index (χ0) is 16.2. The number of hydrogen-bond acceptors (Lipinski definition) is 4. The zero-order valence-corrected chi connectivity index (χ0v) is 13.7. The van der Waals surface area contributed by atoms with Gasteiger partial charge in [-0.05, 0) is 49.6 Å². The SMILES string of the molecule is COCc1nc(C2CCCCN2Cc2cc(F)ccc2C)n[nH]1. The molecular weight excluding hydrogens is 295 g/mol. The van der Waals surface area contributed by atoms with Crippen molar-refractivity contribution in [2.45, 2.75) is 45.4 Å². The molecule has 1 unspecified atom stereocenters. The van der Waals surface area contributed by atoms with Gasteiger partial charge in [-0.1, -0.05) is 12.5 Å². The highest BCUT2D eigenvalue weighted by Gasteiger charge is 2.27. The third-order valence-electron chi connectivity index (χ3n) is 4.43. The van der Waals surface area contributed by atoms with E-state index in [1.165, 1.54) is 6.07 Å². The van der Waals surface area contributed by atoms with E-state index in [2.05, 4.69) is 20.1 Å². The quantitative estimate of drug-likeness (QED) is 0.920. The average molecular weight is 318 g/mol. The molecule has 1 saturated heterocycles. The van der Waals surface area contributed by atoms with Crippen LogP contribution >= 0.6 is 0 Å². The average Bonchev–Trinajstić information content (AvgIpc) is 3.00. The predicted octanol–water partition coefficient (Wildman–Crippen LogP) is 3.13. The number of H-pyrrole nitrogens is 1. The van der Waals surface area contributed by atoms with Crippen LogP contribution in [0.4, 0.5) is 4.39 Å². The number of piperidine rings is 1. The highest BCUT2D eigenvalue weighted by atomic mass is 19.1. The highest BCUT2D eigenvalue weighted by molar-refractivity contribution is 5.26. The number of benzene rings is 1. The molecule has 5 nitrogen and oxygen atoms in total. The van der Waals surface area contributed by atoms with E-state index in [0.717, 1.165) is 55.1 Å². The Labute approximate surface area is 135 Å². The van der Waals surface area contributed by atoms with E-state index in [4.69, 9.17) is 4.74 Å². The molecule has 2 heterocycles. The van der Waals surface area contributed by atoms with Crippen LogP contribution in [0.15, 0.2) is 18.2 Å². The topological polar surface area (TPSA) is 54.0 Å². The van der Waals surface area contributed by atoms with Gasteiger partial charge in [-0.2, -0.15) is 5.10 Å². The summed E-state index contributed by atoms with van der Waals surface area (Å²) < 4.78 is 18.6. The Hall–Kier alpha value is -1.79. The van der Waals surface area contributed by atoms with Gasteiger partial charge in [0.15, 0.2) is 11.6 Å². The van der Waals surface area contributed by atoms with Crippen molar-refractivity contribution in [2.75, 3.05) is 13.7 Å². The largest absolute Gasteiger partial charge is 0.377 e. The molecule has 1 atom stereocenters. The predicted molar refractivity (Wildman–Crippen MR) is 85.2 cm³/mol. The monoisotopic (exact) mass is 318 g/mol. The smallest absolute Gasteiger partial charge is 0.167 e. The van der Waals surface area contributed by atoms with Crippen LogP contribution in [0.25, 0.3) is 0 Å². The molecule has 0 spiro atoms. The number of hydrogen-bond donors (Lipinski definition) is 1. The van der Waals surface area contributed by atoms with Gasteiger partial charge in [-0.25, -0.2) is 9.37 Å². The molecule has 23 heavy (non-hydrogen) atoms. The number of ether oxygens (including phenoxy) is 1. The van der Waals surface area contributed by atoms with Crippen molar-refractivity contribution in [1.29, 1.82) is 0 Å². The van der Waals surface area contributed by atoms with Crippen LogP contribution in [0.2, 0.25) is 0 Å². The Morgan fingerprint density at radius 2 is 2.26 bits per heavy atom. The van der Waals surface area contributed by atoms with Gasteiger partial charge in [0.1, 0.15) is 12.4 Å². The minimum absolute atomic E-state index is 0.174. The molecular formula is C17H23FN4O. The van der Waals surface area contributed by atoms with E-state index in [9.17, 15) is 4.39 Å². The van der Waals surface area contributed by atoms with Crippen molar-refractivity contribution in [3.63, 3.8) is 0 Å². The first kappa shape index (κ1) is 16.1. The van der Waals surface area contributed by atoms with Gasteiger partial charge in [-0.15, -0.1) is 0 Å². The van der Waals surface area contributed by atoms with Gasteiger partial charge in [0.2, 0.25) is 0 Å². The van der Waals surface area contributed by atoms with Gasteiger partial charge in [0.25, 0.3) is 0 Å². The normalized spacial score (nSPS) is 19.2. The summed E-state index contributed by atoms with van der Waals surface area (Å²) >= 11 is 0. The number of nitrogens with one attached hydrogen (secondary N) is 1. The summed E-state index contributed by atoms with van der Waals surface area (Å²) in [5.74, 6) is 1.38. The number of halogens is 1. The van der Waals surface area contributed by atoms with Crippen LogP contribution < -0.4 is 0 Å². The Bertz CT molecular complexity index is 658. The van der Waals surface area contributed by atoms with E-state index < -0.39 is 0 Å². The molecule has 2 aromatic rings. The Kier molecular flexibility index (Phi) is 5.03. The van der Waals surface area contributed by atoms with E-state index in [1.54, 1.807) is 13.2 Å². The first-order valence-electron chi connectivity index (χ1n) is 8.06. The zero-order valence-electron chi connectivity index (χ0n) is 13.7. The summed E-state index contributed by atoms with van der Waals surface area (Å²) in [5.41, 5.74) is 2.15. The molecule has 0 bridgehead atoms. The van der Waals surface area contributed by atoms with Crippen molar-refractivity contribution in [3.8, 4) is 0 Å². The third kappa shape index (κ3) is 3.76. The van der Waals surface area contributed by atoms with Crippen LogP contribution in [0, 0.1) is 12.7 Å². The van der Waals surface area contributed by atoms with Gasteiger partial charge >= 0.3 is 0 Å². The molecule has 1 aromatic heterocycles. The van der Waals surface area contributed by atoms with Crippen LogP contribution in [-0.4, -0.2) is 33.7 Å². The fourth-order valence-corrected chi connectivity index (χ4v) is 3.16. The molecule has 6 heteroatoms. The number of aryl methyl sites for hydroxylation is 1. The highest BCUT2D eigenvalue weighted by Crippen LogP contribution is 2.30. The fraction of sp³-hybridized carbons (Fsp3) is 0.529. The van der Waals surface area contributed by atoms with Crippen LogP contribution in [0.1, 0.15) is 48.1 Å². The lowest BCUT2D eigenvalue weighted by molar-refractivity contribution is 0.133. The summed E-state index contributed by atoms with van der Waals surface area (Å²) in [6.07, 6.45) is 3.34. The maximum atomic E-state index is 13.5. The van der Waals surface area contributed by atoms with Gasteiger partial charge in [-0.3, -0.25) is 10.00 Å². The third-order valence-corrected chi connectivity index (χ3v) is 4.43. The molecule has 124 valence electrons. The number of likely N-dealkylation sites (tertiary alicyclic amines) is 1. The van der Waals surface area contributed by atoms with Crippen LogP contribution in [-0.2, 0) is 17.9 Å². The number of rotatable bonds is 5. The maximum Gasteiger partial charge on any atom is 0.167 e. The van der Waals surface area contributed by atoms with Crippen molar-refractivity contribution in [2.24, 2.45) is 0 Å². The van der Waals surface area contributed by atoms with Crippen molar-refractivity contribution in [3.05, 3.63) is 46.8 Å². The number of aromatic amines is 1. The second-order valence-electron chi connectivity index (χ2n) is 6.13. The van der Waals surface area contributed by atoms with E-state index in [-0.39, 0.29) is 11.9 Å². The summed E-state index contributed by atoms with van der Waals surface area (Å²) in [6, 6.07) is 5.16. The summed E-state index contributed by atoms with van der Waals surface area (Å²) in [7, 11) is 1.64. The second kappa shape index (κ2) is 7.19. The molecule has 1 aliphatic rings. The lowest BCUT2D eigenvalue weighted by atomic mass is 9.99. The minimum Gasteiger partial charge on any atom is -0.377 e. The lowest BCUT2D eigenvalue weighted by Crippen LogP contribution is -2.33. The first-order chi connectivity index (χ1) is 11.2. The van der Waals surface area contributed by atoms with Gasteiger partial charge in [0.05, 0.1) is 6.04 Å². The molecule has 1 N–H and O–H groups in total. The van der Waals surface area contributed by atoms with E-state index in [1.807, 2.05) is 13.0 Å². The fourth-order valence-electron chi connectivity index (χ4n) is 3.16. The molecule has 3 rings (SSSR count). The molecule has 0 radical (unpaired) electrons. The van der Waals surface area contributed by atoms with E-state index in [0.29, 0.717) is 6.61 Å². The number of nitrogens with zero attached hydrogens (tertiary/aromatic N) is 3. The van der Waals surface area contributed by atoms with Crippen molar-refractivity contribution in [1.82, 2.24) is 20.1 Å². The van der Waals surface area contributed by atoms with Crippen LogP contribution in [0.5, 0.6) is 0 Å². The molecule has 1 aliphatic heterocycles. The Morgan fingerprint density at radius 3 is 3.09 bits per heavy atom.